The molecule has 2 aliphatic rings. The van der Waals surface area contributed by atoms with Crippen LogP contribution in [0.4, 0.5) is 5.69 Å². The van der Waals surface area contributed by atoms with Crippen molar-refractivity contribution in [3.63, 3.8) is 0 Å². The maximum atomic E-state index is 9.41. The molecule has 164 valence electrons. The third kappa shape index (κ3) is 5.35. The number of halogens is 2. The molecule has 3 heterocycles. The number of fused-ring (bicyclic) bond motifs is 1. The zero-order chi connectivity index (χ0) is 19.7. The van der Waals surface area contributed by atoms with Gasteiger partial charge in [-0.1, -0.05) is 0 Å². The number of piperazine rings is 1. The van der Waals surface area contributed by atoms with Crippen LogP contribution < -0.4 is 10.2 Å². The lowest BCUT2D eigenvalue weighted by Gasteiger charge is -2.44. The molecule has 2 aromatic rings. The van der Waals surface area contributed by atoms with Gasteiger partial charge in [-0.3, -0.25) is 9.88 Å². The maximum Gasteiger partial charge on any atom is 0.101 e. The average molecular weight is 452 g/mol. The van der Waals surface area contributed by atoms with Crippen molar-refractivity contribution < 1.29 is 4.74 Å². The van der Waals surface area contributed by atoms with E-state index < -0.39 is 0 Å². The molecule has 0 radical (unpaired) electrons. The standard InChI is InChI=1S/C22H29N5O.2ClH/c1-16-12-27(14-18(28-16)13-26-10-9-25-22(2,3)15-26)20-7-6-17(11-23)21-19(20)5-4-8-24-21;;/h4-8,16,18,25H,9-10,12-15H2,1-3H3;2*1H/t16-,18-;;/m1../s1. The van der Waals surface area contributed by atoms with Gasteiger partial charge in [-0.25, -0.2) is 0 Å². The highest BCUT2D eigenvalue weighted by Crippen LogP contribution is 2.30. The van der Waals surface area contributed by atoms with Gasteiger partial charge in [0, 0.05) is 62.1 Å². The molecule has 2 saturated heterocycles. The quantitative estimate of drug-likeness (QED) is 0.772. The van der Waals surface area contributed by atoms with E-state index in [1.54, 1.807) is 6.20 Å². The number of anilines is 1. The number of nitriles is 1. The maximum absolute atomic E-state index is 9.41. The molecule has 1 aromatic carbocycles. The molecule has 4 rings (SSSR count). The number of hydrogen-bond acceptors (Lipinski definition) is 6. The van der Waals surface area contributed by atoms with Crippen molar-refractivity contribution in [2.45, 2.75) is 38.5 Å². The Bertz CT molecular complexity index is 901. The van der Waals surface area contributed by atoms with E-state index in [9.17, 15) is 5.26 Å². The fraction of sp³-hybridized carbons (Fsp3) is 0.545. The van der Waals surface area contributed by atoms with Gasteiger partial charge in [0.25, 0.3) is 0 Å². The second kappa shape index (κ2) is 10.1. The van der Waals surface area contributed by atoms with Crippen molar-refractivity contribution >= 4 is 41.4 Å². The molecule has 2 fully saturated rings. The number of nitrogens with zero attached hydrogens (tertiary/aromatic N) is 4. The molecule has 2 atom stereocenters. The van der Waals surface area contributed by atoms with E-state index in [0.29, 0.717) is 5.56 Å². The third-order valence-electron chi connectivity index (χ3n) is 5.65. The summed E-state index contributed by atoms with van der Waals surface area (Å²) in [6.07, 6.45) is 2.08. The van der Waals surface area contributed by atoms with Crippen LogP contribution in [0.1, 0.15) is 26.3 Å². The summed E-state index contributed by atoms with van der Waals surface area (Å²) in [5.74, 6) is 0. The lowest BCUT2D eigenvalue weighted by atomic mass is 10.0. The van der Waals surface area contributed by atoms with Crippen LogP contribution in [0.3, 0.4) is 0 Å². The number of nitrogens with one attached hydrogen (secondary N) is 1. The Morgan fingerprint density at radius 1 is 1.27 bits per heavy atom. The van der Waals surface area contributed by atoms with Crippen molar-refractivity contribution in [2.75, 3.05) is 44.2 Å². The molecule has 30 heavy (non-hydrogen) atoms. The largest absolute Gasteiger partial charge is 0.370 e. The molecule has 0 amide bonds. The molecule has 0 aliphatic carbocycles. The monoisotopic (exact) mass is 451 g/mol. The van der Waals surface area contributed by atoms with E-state index in [2.05, 4.69) is 59.1 Å². The number of aromatic nitrogens is 1. The summed E-state index contributed by atoms with van der Waals surface area (Å²) >= 11 is 0. The molecule has 2 aliphatic heterocycles. The highest BCUT2D eigenvalue weighted by atomic mass is 35.5. The summed E-state index contributed by atoms with van der Waals surface area (Å²) in [4.78, 5) is 9.37. The Kier molecular flexibility index (Phi) is 8.32. The average Bonchev–Trinajstić information content (AvgIpc) is 2.66. The van der Waals surface area contributed by atoms with Gasteiger partial charge in [0.05, 0.1) is 23.3 Å². The predicted octanol–water partition coefficient (Wildman–Crippen LogP) is 3.23. The van der Waals surface area contributed by atoms with E-state index >= 15 is 0 Å². The van der Waals surface area contributed by atoms with Gasteiger partial charge in [0.1, 0.15) is 6.07 Å². The van der Waals surface area contributed by atoms with E-state index in [0.717, 1.165) is 55.9 Å². The summed E-state index contributed by atoms with van der Waals surface area (Å²) in [7, 11) is 0. The SMILES string of the molecule is C[C@@H]1CN(c2ccc(C#N)c3ncccc23)C[C@@H](CN2CCNC(C)(C)C2)O1.Cl.Cl. The van der Waals surface area contributed by atoms with Crippen LogP contribution >= 0.6 is 24.8 Å². The Balaban J connectivity index is 0.00000160. The molecule has 0 bridgehead atoms. The fourth-order valence-corrected chi connectivity index (χ4v) is 4.56. The summed E-state index contributed by atoms with van der Waals surface area (Å²) in [5.41, 5.74) is 2.69. The first-order chi connectivity index (χ1) is 13.4. The highest BCUT2D eigenvalue weighted by Gasteiger charge is 2.31. The van der Waals surface area contributed by atoms with Gasteiger partial charge in [0.2, 0.25) is 0 Å². The van der Waals surface area contributed by atoms with Crippen LogP contribution in [0.2, 0.25) is 0 Å². The molecule has 8 heteroatoms. The minimum absolute atomic E-state index is 0. The van der Waals surface area contributed by atoms with E-state index in [1.165, 1.54) is 0 Å². The number of rotatable bonds is 3. The zero-order valence-electron chi connectivity index (χ0n) is 17.8. The van der Waals surface area contributed by atoms with Crippen LogP contribution in [0.15, 0.2) is 30.5 Å². The van der Waals surface area contributed by atoms with Crippen molar-refractivity contribution in [3.8, 4) is 6.07 Å². The fourth-order valence-electron chi connectivity index (χ4n) is 4.56. The van der Waals surface area contributed by atoms with Gasteiger partial charge in [-0.2, -0.15) is 5.26 Å². The van der Waals surface area contributed by atoms with Gasteiger partial charge < -0.3 is 15.0 Å². The van der Waals surface area contributed by atoms with Crippen molar-refractivity contribution in [3.05, 3.63) is 36.0 Å². The predicted molar refractivity (Wildman–Crippen MR) is 126 cm³/mol. The smallest absolute Gasteiger partial charge is 0.101 e. The van der Waals surface area contributed by atoms with Gasteiger partial charge in [-0.15, -0.1) is 24.8 Å². The number of ether oxygens (including phenoxy) is 1. The Morgan fingerprint density at radius 3 is 2.80 bits per heavy atom. The summed E-state index contributed by atoms with van der Waals surface area (Å²) in [6, 6.07) is 10.2. The van der Waals surface area contributed by atoms with Crippen LogP contribution in [0.25, 0.3) is 10.9 Å². The number of pyridine rings is 1. The molecular formula is C22H31Cl2N5O. The van der Waals surface area contributed by atoms with E-state index in [4.69, 9.17) is 4.74 Å². The first-order valence-electron chi connectivity index (χ1n) is 10.1. The molecular weight excluding hydrogens is 421 g/mol. The Labute approximate surface area is 191 Å². The molecule has 0 unspecified atom stereocenters. The van der Waals surface area contributed by atoms with Crippen molar-refractivity contribution in [2.24, 2.45) is 0 Å². The third-order valence-corrected chi connectivity index (χ3v) is 5.65. The van der Waals surface area contributed by atoms with Gasteiger partial charge in [0.15, 0.2) is 0 Å². The van der Waals surface area contributed by atoms with Crippen molar-refractivity contribution in [1.29, 1.82) is 5.26 Å². The van der Waals surface area contributed by atoms with Crippen LogP contribution in [0.5, 0.6) is 0 Å². The molecule has 6 nitrogen and oxygen atoms in total. The van der Waals surface area contributed by atoms with Crippen LogP contribution in [-0.4, -0.2) is 66.9 Å². The second-order valence-electron chi connectivity index (χ2n) is 8.66. The highest BCUT2D eigenvalue weighted by molar-refractivity contribution is 5.95. The number of morpholine rings is 1. The lowest BCUT2D eigenvalue weighted by Crippen LogP contribution is -2.60. The minimum Gasteiger partial charge on any atom is -0.370 e. The normalized spacial score (nSPS) is 23.9. The van der Waals surface area contributed by atoms with Gasteiger partial charge >= 0.3 is 0 Å². The summed E-state index contributed by atoms with van der Waals surface area (Å²) < 4.78 is 6.29. The molecule has 1 N–H and O–H groups in total. The van der Waals surface area contributed by atoms with Crippen LogP contribution in [0, 0.1) is 11.3 Å². The molecule has 1 aromatic heterocycles. The summed E-state index contributed by atoms with van der Waals surface area (Å²) in [6.45, 7) is 12.4. The second-order valence-corrected chi connectivity index (χ2v) is 8.66. The topological polar surface area (TPSA) is 64.4 Å². The first kappa shape index (κ1) is 24.6. The minimum atomic E-state index is 0. The van der Waals surface area contributed by atoms with Crippen molar-refractivity contribution in [1.82, 2.24) is 15.2 Å². The molecule has 0 saturated carbocycles. The molecule has 0 spiro atoms. The zero-order valence-corrected chi connectivity index (χ0v) is 19.4. The first-order valence-corrected chi connectivity index (χ1v) is 10.1. The van der Waals surface area contributed by atoms with Gasteiger partial charge in [-0.05, 0) is 45.0 Å². The Hall–Kier alpha value is -1.62. The number of benzene rings is 1. The number of hydrogen-bond donors (Lipinski definition) is 1. The lowest BCUT2D eigenvalue weighted by molar-refractivity contribution is -0.0378. The van der Waals surface area contributed by atoms with Crippen LogP contribution in [-0.2, 0) is 4.74 Å². The van der Waals surface area contributed by atoms with E-state index in [1.807, 2.05) is 12.1 Å². The van der Waals surface area contributed by atoms with E-state index in [-0.39, 0.29) is 42.6 Å². The summed E-state index contributed by atoms with van der Waals surface area (Å²) in [5, 5.41) is 14.0. The Morgan fingerprint density at radius 2 is 2.07 bits per heavy atom.